The number of benzene rings is 1. The lowest BCUT2D eigenvalue weighted by atomic mass is 10.0. The van der Waals surface area contributed by atoms with Gasteiger partial charge in [0.15, 0.2) is 0 Å². The molecule has 0 atom stereocenters. The van der Waals surface area contributed by atoms with Gasteiger partial charge < -0.3 is 15.5 Å². The first-order chi connectivity index (χ1) is 8.87. The van der Waals surface area contributed by atoms with E-state index in [0.717, 1.165) is 10.8 Å². The topological polar surface area (TPSA) is 82.5 Å². The highest BCUT2D eigenvalue weighted by Gasteiger charge is 2.22. The van der Waals surface area contributed by atoms with Crippen molar-refractivity contribution in [3.05, 3.63) is 30.5 Å². The Labute approximate surface area is 110 Å². The average Bonchev–Trinajstić information content (AvgIpc) is 2.27. The van der Waals surface area contributed by atoms with Crippen LogP contribution in [0.3, 0.4) is 0 Å². The van der Waals surface area contributed by atoms with Crippen LogP contribution in [0.5, 0.6) is 5.75 Å². The van der Waals surface area contributed by atoms with Crippen molar-refractivity contribution < 1.29 is 15.0 Å². The van der Waals surface area contributed by atoms with E-state index in [9.17, 15) is 9.90 Å². The molecule has 5 nitrogen and oxygen atoms in total. The molecule has 1 aromatic heterocycles. The highest BCUT2D eigenvalue weighted by Crippen LogP contribution is 2.27. The summed E-state index contributed by atoms with van der Waals surface area (Å²) in [6, 6.07) is 6.85. The van der Waals surface area contributed by atoms with Gasteiger partial charge in [-0.2, -0.15) is 0 Å². The number of aromatic hydroxyl groups is 1. The number of aromatic nitrogens is 1. The second-order valence-corrected chi connectivity index (χ2v) is 5.14. The molecule has 0 bridgehead atoms. The number of carbonyl (C=O) groups is 1. The smallest absolute Gasteiger partial charge is 0.305 e. The molecule has 19 heavy (non-hydrogen) atoms. The van der Waals surface area contributed by atoms with Crippen LogP contribution >= 0.6 is 0 Å². The molecule has 3 N–H and O–H groups in total. The van der Waals surface area contributed by atoms with E-state index in [1.165, 1.54) is 0 Å². The van der Waals surface area contributed by atoms with Crippen molar-refractivity contribution >= 4 is 22.6 Å². The van der Waals surface area contributed by atoms with Crippen LogP contribution in [0.2, 0.25) is 0 Å². The fourth-order valence-electron chi connectivity index (χ4n) is 2.00. The maximum Gasteiger partial charge on any atom is 0.305 e. The monoisotopic (exact) mass is 260 g/mol. The van der Waals surface area contributed by atoms with Crippen LogP contribution in [0.15, 0.2) is 30.5 Å². The van der Waals surface area contributed by atoms with Crippen LogP contribution in [-0.4, -0.2) is 26.7 Å². The van der Waals surface area contributed by atoms with Crippen LogP contribution in [-0.2, 0) is 4.79 Å². The maximum atomic E-state index is 10.8. The van der Waals surface area contributed by atoms with Crippen molar-refractivity contribution in [3.8, 4) is 5.75 Å². The molecule has 5 heteroatoms. The van der Waals surface area contributed by atoms with Gasteiger partial charge in [0.2, 0.25) is 0 Å². The van der Waals surface area contributed by atoms with Gasteiger partial charge in [0, 0.05) is 17.1 Å². The molecule has 100 valence electrons. The number of nitrogens with one attached hydrogen (secondary N) is 1. The van der Waals surface area contributed by atoms with E-state index < -0.39 is 11.5 Å². The molecular weight excluding hydrogens is 244 g/mol. The third-order valence-corrected chi connectivity index (χ3v) is 2.80. The Bertz CT molecular complexity index is 623. The normalized spacial score (nSPS) is 11.5. The molecule has 0 amide bonds. The second kappa shape index (κ2) is 4.76. The number of phenols is 1. The fourth-order valence-corrected chi connectivity index (χ4v) is 2.00. The quantitative estimate of drug-likeness (QED) is 0.787. The zero-order chi connectivity index (χ0) is 14.0. The molecule has 2 rings (SSSR count). The molecule has 0 aliphatic heterocycles. The summed E-state index contributed by atoms with van der Waals surface area (Å²) in [5, 5.41) is 23.2. The van der Waals surface area contributed by atoms with Gasteiger partial charge >= 0.3 is 5.97 Å². The maximum absolute atomic E-state index is 10.8. The van der Waals surface area contributed by atoms with Crippen LogP contribution in [0.1, 0.15) is 20.3 Å². The highest BCUT2D eigenvalue weighted by atomic mass is 16.4. The number of pyridine rings is 1. The first-order valence-electron chi connectivity index (χ1n) is 5.95. The molecule has 0 fully saturated rings. The summed E-state index contributed by atoms with van der Waals surface area (Å²) in [4.78, 5) is 15.0. The van der Waals surface area contributed by atoms with E-state index >= 15 is 0 Å². The SMILES string of the molecule is CC(C)(CC(=O)O)Nc1nccc2ccc(O)cc12. The molecule has 0 saturated carbocycles. The minimum absolute atomic E-state index is 0.0239. The number of carboxylic acids is 1. The molecule has 1 aromatic carbocycles. The number of carboxylic acid groups (broad SMARTS) is 1. The van der Waals surface area contributed by atoms with Crippen molar-refractivity contribution in [1.82, 2.24) is 4.98 Å². The fraction of sp³-hybridized carbons (Fsp3) is 0.286. The lowest BCUT2D eigenvalue weighted by Crippen LogP contribution is -2.34. The predicted octanol–water partition coefficient (Wildman–Crippen LogP) is 2.61. The molecule has 0 aliphatic carbocycles. The first-order valence-corrected chi connectivity index (χ1v) is 5.95. The number of anilines is 1. The zero-order valence-corrected chi connectivity index (χ0v) is 10.8. The summed E-state index contributed by atoms with van der Waals surface area (Å²) in [6.07, 6.45) is 1.63. The van der Waals surface area contributed by atoms with Gasteiger partial charge in [-0.1, -0.05) is 6.07 Å². The Morgan fingerprint density at radius 1 is 1.37 bits per heavy atom. The van der Waals surface area contributed by atoms with Gasteiger partial charge in [-0.25, -0.2) is 4.98 Å². The molecule has 0 radical (unpaired) electrons. The number of nitrogens with zero attached hydrogens (tertiary/aromatic N) is 1. The predicted molar refractivity (Wildman–Crippen MR) is 73.4 cm³/mol. The molecule has 0 saturated heterocycles. The standard InChI is InChI=1S/C14H16N2O3/c1-14(2,8-12(18)19)16-13-11-7-10(17)4-3-9(11)5-6-15-13/h3-7,17H,8H2,1-2H3,(H,15,16)(H,18,19). The minimum atomic E-state index is -0.874. The number of rotatable bonds is 4. The third-order valence-electron chi connectivity index (χ3n) is 2.80. The number of hydrogen-bond donors (Lipinski definition) is 3. The van der Waals surface area contributed by atoms with E-state index in [2.05, 4.69) is 10.3 Å². The molecular formula is C14H16N2O3. The summed E-state index contributed by atoms with van der Waals surface area (Å²) < 4.78 is 0. The van der Waals surface area contributed by atoms with Crippen molar-refractivity contribution in [1.29, 1.82) is 0 Å². The second-order valence-electron chi connectivity index (χ2n) is 5.14. The molecule has 0 unspecified atom stereocenters. The highest BCUT2D eigenvalue weighted by molar-refractivity contribution is 5.93. The summed E-state index contributed by atoms with van der Waals surface area (Å²) in [5.41, 5.74) is -0.626. The Morgan fingerprint density at radius 2 is 2.11 bits per heavy atom. The number of hydrogen-bond acceptors (Lipinski definition) is 4. The number of aliphatic carboxylic acids is 1. The lowest BCUT2D eigenvalue weighted by molar-refractivity contribution is -0.137. The van der Waals surface area contributed by atoms with Crippen molar-refractivity contribution in [2.24, 2.45) is 0 Å². The van der Waals surface area contributed by atoms with Crippen LogP contribution < -0.4 is 5.32 Å². The Kier molecular flexibility index (Phi) is 3.29. The van der Waals surface area contributed by atoms with Gasteiger partial charge in [-0.15, -0.1) is 0 Å². The number of phenolic OH excluding ortho intramolecular Hbond substituents is 1. The van der Waals surface area contributed by atoms with Gasteiger partial charge in [-0.05, 0) is 37.4 Å². The zero-order valence-electron chi connectivity index (χ0n) is 10.8. The molecule has 0 aliphatic rings. The van der Waals surface area contributed by atoms with Crippen LogP contribution in [0.25, 0.3) is 10.8 Å². The molecule has 1 heterocycles. The van der Waals surface area contributed by atoms with Crippen molar-refractivity contribution in [2.75, 3.05) is 5.32 Å². The van der Waals surface area contributed by atoms with Gasteiger partial charge in [0.1, 0.15) is 11.6 Å². The van der Waals surface area contributed by atoms with Crippen molar-refractivity contribution in [3.63, 3.8) is 0 Å². The van der Waals surface area contributed by atoms with E-state index in [0.29, 0.717) is 5.82 Å². The van der Waals surface area contributed by atoms with Crippen molar-refractivity contribution in [2.45, 2.75) is 25.8 Å². The van der Waals surface area contributed by atoms with E-state index in [1.54, 1.807) is 38.2 Å². The van der Waals surface area contributed by atoms with Gasteiger partial charge in [0.25, 0.3) is 0 Å². The Morgan fingerprint density at radius 3 is 2.79 bits per heavy atom. The first kappa shape index (κ1) is 13.1. The number of fused-ring (bicyclic) bond motifs is 1. The van der Waals surface area contributed by atoms with E-state index in [1.807, 2.05) is 6.07 Å². The third kappa shape index (κ3) is 3.13. The minimum Gasteiger partial charge on any atom is -0.508 e. The molecule has 2 aromatic rings. The Balaban J connectivity index is 2.40. The summed E-state index contributed by atoms with van der Waals surface area (Å²) in [5.74, 6) is -0.153. The summed E-state index contributed by atoms with van der Waals surface area (Å²) in [6.45, 7) is 3.59. The molecule has 0 spiro atoms. The van der Waals surface area contributed by atoms with E-state index in [-0.39, 0.29) is 12.2 Å². The van der Waals surface area contributed by atoms with E-state index in [4.69, 9.17) is 5.11 Å². The Hall–Kier alpha value is -2.30. The average molecular weight is 260 g/mol. The van der Waals surface area contributed by atoms with Crippen LogP contribution in [0, 0.1) is 0 Å². The lowest BCUT2D eigenvalue weighted by Gasteiger charge is -2.25. The largest absolute Gasteiger partial charge is 0.508 e. The van der Waals surface area contributed by atoms with Crippen LogP contribution in [0.4, 0.5) is 5.82 Å². The summed E-state index contributed by atoms with van der Waals surface area (Å²) >= 11 is 0. The van der Waals surface area contributed by atoms with Gasteiger partial charge in [0.05, 0.1) is 6.42 Å². The van der Waals surface area contributed by atoms with Gasteiger partial charge in [-0.3, -0.25) is 4.79 Å². The summed E-state index contributed by atoms with van der Waals surface area (Å²) in [7, 11) is 0.